The van der Waals surface area contributed by atoms with E-state index in [1.807, 2.05) is 24.3 Å². The molecule has 7 nitrogen and oxygen atoms in total. The first kappa shape index (κ1) is 18.0. The van der Waals surface area contributed by atoms with Gasteiger partial charge in [-0.15, -0.1) is 0 Å². The van der Waals surface area contributed by atoms with Crippen molar-refractivity contribution in [3.05, 3.63) is 59.7 Å². The van der Waals surface area contributed by atoms with E-state index in [4.69, 9.17) is 4.74 Å². The van der Waals surface area contributed by atoms with Crippen LogP contribution in [-0.2, 0) is 21.5 Å². The minimum Gasteiger partial charge on any atom is -0.495 e. The van der Waals surface area contributed by atoms with E-state index in [-0.39, 0.29) is 18.4 Å². The van der Waals surface area contributed by atoms with Crippen LogP contribution in [-0.4, -0.2) is 43.4 Å². The third-order valence-electron chi connectivity index (χ3n) is 5.54. The summed E-state index contributed by atoms with van der Waals surface area (Å²) >= 11 is 0. The summed E-state index contributed by atoms with van der Waals surface area (Å²) in [7, 11) is 3.12. The summed E-state index contributed by atoms with van der Waals surface area (Å²) in [5.74, 6) is -0.211. The van der Waals surface area contributed by atoms with Gasteiger partial charge in [0.2, 0.25) is 5.91 Å². The van der Waals surface area contributed by atoms with Crippen LogP contribution in [0.4, 0.5) is 10.5 Å². The molecule has 1 N–H and O–H groups in total. The van der Waals surface area contributed by atoms with Crippen molar-refractivity contribution in [2.24, 2.45) is 0 Å². The molecule has 2 aliphatic rings. The van der Waals surface area contributed by atoms with Crippen molar-refractivity contribution in [1.29, 1.82) is 0 Å². The first-order chi connectivity index (χ1) is 13.5. The Bertz CT molecular complexity index is 974. The summed E-state index contributed by atoms with van der Waals surface area (Å²) < 4.78 is 5.29. The highest BCUT2D eigenvalue weighted by atomic mass is 16.5. The van der Waals surface area contributed by atoms with Crippen LogP contribution in [0.15, 0.2) is 48.5 Å². The monoisotopic (exact) mass is 379 g/mol. The summed E-state index contributed by atoms with van der Waals surface area (Å²) in [5.41, 5.74) is 1.39. The van der Waals surface area contributed by atoms with Gasteiger partial charge in [-0.3, -0.25) is 14.5 Å². The standard InChI is InChI=1S/C21H21N3O4/c1-23(16-9-5-6-10-17(16)28-2)18(25)13-24-19(26)21(22-20(24)27)12-11-14-7-3-4-8-15(14)21/h3-10H,11-13H2,1-2H3,(H,22,27). The lowest BCUT2D eigenvalue weighted by molar-refractivity contribution is -0.134. The smallest absolute Gasteiger partial charge is 0.325 e. The number of aryl methyl sites for hydroxylation is 1. The average molecular weight is 379 g/mol. The van der Waals surface area contributed by atoms with Crippen molar-refractivity contribution < 1.29 is 19.1 Å². The fraction of sp³-hybridized carbons (Fsp3) is 0.286. The Morgan fingerprint density at radius 1 is 1.18 bits per heavy atom. The number of hydrogen-bond acceptors (Lipinski definition) is 4. The van der Waals surface area contributed by atoms with E-state index in [1.165, 1.54) is 12.0 Å². The van der Waals surface area contributed by atoms with Crippen LogP contribution in [0, 0.1) is 0 Å². The Labute approximate surface area is 162 Å². The molecule has 1 unspecified atom stereocenters. The molecule has 4 rings (SSSR count). The Hall–Kier alpha value is -3.35. The molecule has 1 spiro atoms. The number of carbonyl (C=O) groups is 3. The van der Waals surface area contributed by atoms with Crippen LogP contribution >= 0.6 is 0 Å². The molecule has 4 amide bonds. The molecule has 28 heavy (non-hydrogen) atoms. The van der Waals surface area contributed by atoms with Gasteiger partial charge in [0.25, 0.3) is 5.91 Å². The predicted molar refractivity (Wildman–Crippen MR) is 103 cm³/mol. The van der Waals surface area contributed by atoms with Gasteiger partial charge in [-0.05, 0) is 36.1 Å². The van der Waals surface area contributed by atoms with Gasteiger partial charge in [0.1, 0.15) is 17.8 Å². The number of fused-ring (bicyclic) bond motifs is 2. The number of nitrogens with zero attached hydrogens (tertiary/aromatic N) is 2. The number of likely N-dealkylation sites (N-methyl/N-ethyl adjacent to an activating group) is 1. The number of para-hydroxylation sites is 2. The van der Waals surface area contributed by atoms with Crippen LogP contribution in [0.2, 0.25) is 0 Å². The fourth-order valence-corrected chi connectivity index (χ4v) is 4.02. The number of urea groups is 1. The molecule has 0 saturated carbocycles. The van der Waals surface area contributed by atoms with Gasteiger partial charge in [0, 0.05) is 7.05 Å². The Morgan fingerprint density at radius 3 is 2.68 bits per heavy atom. The number of methoxy groups -OCH3 is 1. The van der Waals surface area contributed by atoms with E-state index in [2.05, 4.69) is 5.32 Å². The quantitative estimate of drug-likeness (QED) is 0.825. The molecule has 1 heterocycles. The van der Waals surface area contributed by atoms with Crippen LogP contribution in [0.1, 0.15) is 17.5 Å². The third-order valence-corrected chi connectivity index (χ3v) is 5.54. The van der Waals surface area contributed by atoms with E-state index in [1.54, 1.807) is 31.3 Å². The highest BCUT2D eigenvalue weighted by molar-refractivity contribution is 6.11. The van der Waals surface area contributed by atoms with Crippen molar-refractivity contribution in [1.82, 2.24) is 10.2 Å². The Balaban J connectivity index is 1.57. The fourth-order valence-electron chi connectivity index (χ4n) is 4.02. The Kier molecular flexibility index (Phi) is 4.30. The van der Waals surface area contributed by atoms with E-state index < -0.39 is 11.6 Å². The number of benzene rings is 2. The molecule has 0 aromatic heterocycles. The number of rotatable bonds is 4. The van der Waals surface area contributed by atoms with Gasteiger partial charge in [0.05, 0.1) is 12.8 Å². The average Bonchev–Trinajstić information content (AvgIpc) is 3.20. The van der Waals surface area contributed by atoms with E-state index in [0.29, 0.717) is 24.3 Å². The number of carbonyl (C=O) groups excluding carboxylic acids is 3. The van der Waals surface area contributed by atoms with Crippen molar-refractivity contribution in [2.75, 3.05) is 25.6 Å². The van der Waals surface area contributed by atoms with Gasteiger partial charge < -0.3 is 15.0 Å². The maximum Gasteiger partial charge on any atom is 0.325 e. The molecule has 1 fully saturated rings. The van der Waals surface area contributed by atoms with Gasteiger partial charge in [-0.1, -0.05) is 36.4 Å². The molecule has 1 aliphatic heterocycles. The third kappa shape index (κ3) is 2.62. The first-order valence-electron chi connectivity index (χ1n) is 9.10. The highest BCUT2D eigenvalue weighted by Crippen LogP contribution is 2.41. The molecule has 0 bridgehead atoms. The second kappa shape index (κ2) is 6.67. The van der Waals surface area contributed by atoms with E-state index in [9.17, 15) is 14.4 Å². The lowest BCUT2D eigenvalue weighted by Gasteiger charge is -2.24. The van der Waals surface area contributed by atoms with Gasteiger partial charge in [0.15, 0.2) is 0 Å². The molecule has 1 saturated heterocycles. The van der Waals surface area contributed by atoms with Gasteiger partial charge >= 0.3 is 6.03 Å². The predicted octanol–water partition coefficient (Wildman–Crippen LogP) is 2.05. The van der Waals surface area contributed by atoms with E-state index in [0.717, 1.165) is 16.0 Å². The van der Waals surface area contributed by atoms with Crippen LogP contribution in [0.3, 0.4) is 0 Å². The normalized spacial score (nSPS) is 20.3. The van der Waals surface area contributed by atoms with Crippen LogP contribution < -0.4 is 15.0 Å². The summed E-state index contributed by atoms with van der Waals surface area (Å²) in [5, 5.41) is 2.83. The summed E-state index contributed by atoms with van der Waals surface area (Å²) in [6, 6.07) is 14.2. The molecule has 2 aromatic carbocycles. The lowest BCUT2D eigenvalue weighted by Crippen LogP contribution is -2.44. The van der Waals surface area contributed by atoms with E-state index >= 15 is 0 Å². The maximum absolute atomic E-state index is 13.2. The lowest BCUT2D eigenvalue weighted by atomic mass is 9.92. The van der Waals surface area contributed by atoms with Crippen molar-refractivity contribution in [3.8, 4) is 5.75 Å². The maximum atomic E-state index is 13.2. The summed E-state index contributed by atoms with van der Waals surface area (Å²) in [4.78, 5) is 40.9. The second-order valence-corrected chi connectivity index (χ2v) is 7.01. The number of amides is 4. The molecule has 144 valence electrons. The largest absolute Gasteiger partial charge is 0.495 e. The minimum atomic E-state index is -1.06. The van der Waals surface area contributed by atoms with Crippen LogP contribution in [0.5, 0.6) is 5.75 Å². The number of imide groups is 1. The second-order valence-electron chi connectivity index (χ2n) is 7.01. The topological polar surface area (TPSA) is 79.0 Å². The molecular weight excluding hydrogens is 358 g/mol. The van der Waals surface area contributed by atoms with Gasteiger partial charge in [-0.2, -0.15) is 0 Å². The van der Waals surface area contributed by atoms with Gasteiger partial charge in [-0.25, -0.2) is 4.79 Å². The minimum absolute atomic E-state index is 0.330. The summed E-state index contributed by atoms with van der Waals surface area (Å²) in [6.07, 6.45) is 1.22. The number of ether oxygens (including phenoxy) is 1. The number of hydrogen-bond donors (Lipinski definition) is 1. The molecule has 1 atom stereocenters. The first-order valence-corrected chi connectivity index (χ1v) is 9.10. The molecule has 2 aromatic rings. The van der Waals surface area contributed by atoms with Crippen molar-refractivity contribution in [3.63, 3.8) is 0 Å². The molecular formula is C21H21N3O4. The summed E-state index contributed by atoms with van der Waals surface area (Å²) in [6.45, 7) is -0.330. The van der Waals surface area contributed by atoms with Crippen molar-refractivity contribution >= 4 is 23.5 Å². The van der Waals surface area contributed by atoms with Crippen molar-refractivity contribution in [2.45, 2.75) is 18.4 Å². The molecule has 1 aliphatic carbocycles. The SMILES string of the molecule is COc1ccccc1N(C)C(=O)CN1C(=O)NC2(CCc3ccccc32)C1=O. The molecule has 0 radical (unpaired) electrons. The van der Waals surface area contributed by atoms with Crippen LogP contribution in [0.25, 0.3) is 0 Å². The Morgan fingerprint density at radius 2 is 1.89 bits per heavy atom. The molecule has 7 heteroatoms. The number of nitrogens with one attached hydrogen (secondary N) is 1. The zero-order valence-electron chi connectivity index (χ0n) is 15.8. The zero-order chi connectivity index (χ0) is 19.9. The number of anilines is 1. The zero-order valence-corrected chi connectivity index (χ0v) is 15.8. The highest BCUT2D eigenvalue weighted by Gasteiger charge is 2.55.